The highest BCUT2D eigenvalue weighted by atomic mass is 79.9. The first-order valence-electron chi connectivity index (χ1n) is 7.03. The Labute approximate surface area is 130 Å². The lowest BCUT2D eigenvalue weighted by Crippen LogP contribution is -2.02. The van der Waals surface area contributed by atoms with Crippen molar-refractivity contribution in [2.45, 2.75) is 32.0 Å². The van der Waals surface area contributed by atoms with Crippen LogP contribution in [0.25, 0.3) is 0 Å². The molecule has 0 aliphatic rings. The lowest BCUT2D eigenvalue weighted by Gasteiger charge is -2.16. The molecule has 1 unspecified atom stereocenters. The van der Waals surface area contributed by atoms with Crippen molar-refractivity contribution in [3.05, 3.63) is 64.7 Å². The van der Waals surface area contributed by atoms with Crippen LogP contribution < -0.4 is 4.74 Å². The van der Waals surface area contributed by atoms with Crippen LogP contribution in [0.1, 0.15) is 34.0 Å². The predicted octanol–water partition coefficient (Wildman–Crippen LogP) is 5.38. The zero-order valence-corrected chi connectivity index (χ0v) is 13.9. The summed E-state index contributed by atoms with van der Waals surface area (Å²) in [7, 11) is 0. The SMILES string of the molecule is CCOc1ccc(C)cc1C(Br)Cc1cccc(C)c1. The molecule has 2 aromatic carbocycles. The van der Waals surface area contributed by atoms with Gasteiger partial charge in [0.1, 0.15) is 5.75 Å². The molecule has 0 saturated carbocycles. The zero-order valence-electron chi connectivity index (χ0n) is 12.3. The minimum Gasteiger partial charge on any atom is -0.494 e. The summed E-state index contributed by atoms with van der Waals surface area (Å²) < 4.78 is 5.74. The van der Waals surface area contributed by atoms with E-state index in [1.54, 1.807) is 0 Å². The Balaban J connectivity index is 2.23. The van der Waals surface area contributed by atoms with Crippen LogP contribution in [0.2, 0.25) is 0 Å². The highest BCUT2D eigenvalue weighted by molar-refractivity contribution is 9.09. The summed E-state index contributed by atoms with van der Waals surface area (Å²) in [6.45, 7) is 6.96. The molecule has 2 rings (SSSR count). The summed E-state index contributed by atoms with van der Waals surface area (Å²) in [5.74, 6) is 0.979. The minimum atomic E-state index is 0.269. The highest BCUT2D eigenvalue weighted by Crippen LogP contribution is 2.34. The van der Waals surface area contributed by atoms with Crippen LogP contribution in [-0.2, 0) is 6.42 Å². The van der Waals surface area contributed by atoms with Gasteiger partial charge in [-0.1, -0.05) is 63.5 Å². The topological polar surface area (TPSA) is 9.23 Å². The first-order chi connectivity index (χ1) is 9.60. The molecule has 0 amide bonds. The van der Waals surface area contributed by atoms with Crippen LogP contribution in [0.3, 0.4) is 0 Å². The van der Waals surface area contributed by atoms with Gasteiger partial charge < -0.3 is 4.74 Å². The van der Waals surface area contributed by atoms with E-state index in [1.807, 2.05) is 6.92 Å². The van der Waals surface area contributed by atoms with Crippen LogP contribution in [0, 0.1) is 13.8 Å². The van der Waals surface area contributed by atoms with Gasteiger partial charge in [0, 0.05) is 10.4 Å². The molecule has 0 radical (unpaired) electrons. The van der Waals surface area contributed by atoms with E-state index in [1.165, 1.54) is 22.3 Å². The van der Waals surface area contributed by atoms with E-state index in [9.17, 15) is 0 Å². The van der Waals surface area contributed by atoms with Crippen LogP contribution in [0.15, 0.2) is 42.5 Å². The van der Waals surface area contributed by atoms with E-state index >= 15 is 0 Å². The number of ether oxygens (including phenoxy) is 1. The summed E-state index contributed by atoms with van der Waals surface area (Å²) >= 11 is 3.82. The van der Waals surface area contributed by atoms with Crippen LogP contribution in [-0.4, -0.2) is 6.61 Å². The molecule has 0 heterocycles. The van der Waals surface area contributed by atoms with Crippen molar-refractivity contribution in [1.29, 1.82) is 0 Å². The number of alkyl halides is 1. The quantitative estimate of drug-likeness (QED) is 0.668. The zero-order chi connectivity index (χ0) is 14.5. The third-order valence-corrected chi connectivity index (χ3v) is 4.12. The first-order valence-corrected chi connectivity index (χ1v) is 7.94. The molecule has 1 nitrogen and oxygen atoms in total. The van der Waals surface area contributed by atoms with Gasteiger partial charge in [-0.15, -0.1) is 0 Å². The third kappa shape index (κ3) is 3.86. The fourth-order valence-electron chi connectivity index (χ4n) is 2.36. The maximum atomic E-state index is 5.74. The van der Waals surface area contributed by atoms with E-state index in [0.717, 1.165) is 12.2 Å². The molecule has 0 bridgehead atoms. The molecule has 0 saturated heterocycles. The molecule has 20 heavy (non-hydrogen) atoms. The smallest absolute Gasteiger partial charge is 0.123 e. The Morgan fingerprint density at radius 1 is 1.05 bits per heavy atom. The molecule has 0 aliphatic heterocycles. The number of halogens is 1. The van der Waals surface area contributed by atoms with Crippen molar-refractivity contribution >= 4 is 15.9 Å². The Hall–Kier alpha value is -1.28. The maximum Gasteiger partial charge on any atom is 0.123 e. The van der Waals surface area contributed by atoms with E-state index < -0.39 is 0 Å². The molecule has 0 aromatic heterocycles. The Kier molecular flexibility index (Phi) is 5.24. The Morgan fingerprint density at radius 3 is 2.50 bits per heavy atom. The summed E-state index contributed by atoms with van der Waals surface area (Å²) in [4.78, 5) is 0.269. The minimum absolute atomic E-state index is 0.269. The summed E-state index contributed by atoms with van der Waals surface area (Å²) in [5.41, 5.74) is 5.14. The largest absolute Gasteiger partial charge is 0.494 e. The molecular formula is C18H21BrO. The van der Waals surface area contributed by atoms with Crippen molar-refractivity contribution in [3.8, 4) is 5.75 Å². The van der Waals surface area contributed by atoms with Crippen LogP contribution in [0.4, 0.5) is 0 Å². The molecule has 2 aromatic rings. The maximum absolute atomic E-state index is 5.74. The highest BCUT2D eigenvalue weighted by Gasteiger charge is 2.14. The second-order valence-electron chi connectivity index (χ2n) is 5.14. The van der Waals surface area contributed by atoms with E-state index in [4.69, 9.17) is 4.74 Å². The van der Waals surface area contributed by atoms with Gasteiger partial charge in [-0.05, 0) is 38.8 Å². The molecule has 2 heteroatoms. The van der Waals surface area contributed by atoms with E-state index in [0.29, 0.717) is 6.61 Å². The Bertz CT molecular complexity index is 577. The summed E-state index contributed by atoms with van der Waals surface area (Å²) in [6, 6.07) is 15.0. The van der Waals surface area contributed by atoms with Crippen molar-refractivity contribution in [3.63, 3.8) is 0 Å². The van der Waals surface area contributed by atoms with Crippen molar-refractivity contribution in [2.75, 3.05) is 6.61 Å². The number of hydrogen-bond acceptors (Lipinski definition) is 1. The Morgan fingerprint density at radius 2 is 1.80 bits per heavy atom. The van der Waals surface area contributed by atoms with Crippen molar-refractivity contribution < 1.29 is 4.74 Å². The fraction of sp³-hybridized carbons (Fsp3) is 0.333. The molecule has 1 atom stereocenters. The normalized spacial score (nSPS) is 12.2. The van der Waals surface area contributed by atoms with Gasteiger partial charge in [0.05, 0.1) is 6.61 Å². The third-order valence-electron chi connectivity index (χ3n) is 3.30. The summed E-state index contributed by atoms with van der Waals surface area (Å²) in [5, 5.41) is 0. The van der Waals surface area contributed by atoms with Gasteiger partial charge in [0.25, 0.3) is 0 Å². The predicted molar refractivity (Wildman–Crippen MR) is 88.9 cm³/mol. The van der Waals surface area contributed by atoms with Gasteiger partial charge in [-0.3, -0.25) is 0 Å². The van der Waals surface area contributed by atoms with Crippen molar-refractivity contribution in [1.82, 2.24) is 0 Å². The molecule has 0 N–H and O–H groups in total. The van der Waals surface area contributed by atoms with E-state index in [2.05, 4.69) is 72.2 Å². The van der Waals surface area contributed by atoms with Crippen molar-refractivity contribution in [2.24, 2.45) is 0 Å². The first kappa shape index (κ1) is 15.1. The molecule has 106 valence electrons. The van der Waals surface area contributed by atoms with E-state index in [-0.39, 0.29) is 4.83 Å². The monoisotopic (exact) mass is 332 g/mol. The van der Waals surface area contributed by atoms with Gasteiger partial charge in [0.2, 0.25) is 0 Å². The van der Waals surface area contributed by atoms with Gasteiger partial charge in [-0.25, -0.2) is 0 Å². The van der Waals surface area contributed by atoms with Gasteiger partial charge in [-0.2, -0.15) is 0 Å². The molecule has 0 spiro atoms. The summed E-state index contributed by atoms with van der Waals surface area (Å²) in [6.07, 6.45) is 0.963. The molecule has 0 aliphatic carbocycles. The van der Waals surface area contributed by atoms with Crippen LogP contribution in [0.5, 0.6) is 5.75 Å². The standard InChI is InChI=1S/C18H21BrO/c1-4-20-18-9-8-14(3)11-16(18)17(19)12-15-7-5-6-13(2)10-15/h5-11,17H,4,12H2,1-3H3. The lowest BCUT2D eigenvalue weighted by atomic mass is 10.0. The molecule has 0 fully saturated rings. The average molecular weight is 333 g/mol. The second kappa shape index (κ2) is 6.94. The van der Waals surface area contributed by atoms with Gasteiger partial charge in [0.15, 0.2) is 0 Å². The number of hydrogen-bond donors (Lipinski definition) is 0. The van der Waals surface area contributed by atoms with Gasteiger partial charge >= 0.3 is 0 Å². The molecular weight excluding hydrogens is 312 g/mol. The number of rotatable bonds is 5. The second-order valence-corrected chi connectivity index (χ2v) is 6.24. The van der Waals surface area contributed by atoms with Crippen LogP contribution >= 0.6 is 15.9 Å². The number of aryl methyl sites for hydroxylation is 2. The fourth-order valence-corrected chi connectivity index (χ4v) is 3.09. The lowest BCUT2D eigenvalue weighted by molar-refractivity contribution is 0.336. The number of benzene rings is 2. The average Bonchev–Trinajstić information content (AvgIpc) is 2.41.